The maximum atomic E-state index is 13.0. The summed E-state index contributed by atoms with van der Waals surface area (Å²) in [7, 11) is 0. The summed E-state index contributed by atoms with van der Waals surface area (Å²) < 4.78 is 4.39. The Bertz CT molecular complexity index is 1020. The molecule has 1 saturated heterocycles. The van der Waals surface area contributed by atoms with E-state index in [0.29, 0.717) is 34.9 Å². The van der Waals surface area contributed by atoms with Gasteiger partial charge < -0.3 is 15.5 Å². The smallest absolute Gasteiger partial charge is 0.267 e. The van der Waals surface area contributed by atoms with Crippen LogP contribution in [0.3, 0.4) is 0 Å². The standard InChI is InChI=1S/C21H21N5O2S/c1-14(27)15-2-4-17(5-3-15)25-10-12-26(13-11-25)21(28)20-18(22)19(24-29-20)16-6-8-23-9-7-16/h2-9H,10-13,22H2,1H3. The topological polar surface area (TPSA) is 92.4 Å². The van der Waals surface area contributed by atoms with E-state index in [0.717, 1.165) is 35.9 Å². The van der Waals surface area contributed by atoms with E-state index in [4.69, 9.17) is 5.73 Å². The molecule has 1 amide bonds. The van der Waals surface area contributed by atoms with E-state index in [2.05, 4.69) is 14.3 Å². The van der Waals surface area contributed by atoms with E-state index in [-0.39, 0.29) is 11.7 Å². The zero-order valence-corrected chi connectivity index (χ0v) is 16.9. The molecule has 0 unspecified atom stereocenters. The monoisotopic (exact) mass is 407 g/mol. The number of piperazine rings is 1. The van der Waals surface area contributed by atoms with Crippen molar-refractivity contribution in [3.8, 4) is 11.3 Å². The molecule has 1 aromatic carbocycles. The lowest BCUT2D eigenvalue weighted by Gasteiger charge is -2.36. The molecule has 3 aromatic rings. The Morgan fingerprint density at radius 2 is 1.66 bits per heavy atom. The second kappa shape index (κ2) is 8.00. The van der Waals surface area contributed by atoms with Crippen LogP contribution in [0.2, 0.25) is 0 Å². The van der Waals surface area contributed by atoms with Crippen LogP contribution < -0.4 is 10.6 Å². The quantitative estimate of drug-likeness (QED) is 0.669. The number of anilines is 2. The number of nitrogen functional groups attached to an aromatic ring is 1. The van der Waals surface area contributed by atoms with Gasteiger partial charge in [0.05, 0.1) is 5.69 Å². The molecule has 3 heterocycles. The first kappa shape index (κ1) is 19.1. The Balaban J connectivity index is 1.43. The van der Waals surface area contributed by atoms with Crippen molar-refractivity contribution in [2.24, 2.45) is 0 Å². The van der Waals surface area contributed by atoms with Crippen LogP contribution in [0.25, 0.3) is 11.3 Å². The molecule has 2 aromatic heterocycles. The first-order chi connectivity index (χ1) is 14.0. The minimum Gasteiger partial charge on any atom is -0.396 e. The molecular weight excluding hydrogens is 386 g/mol. The number of pyridine rings is 1. The second-order valence-corrected chi connectivity index (χ2v) is 7.67. The predicted molar refractivity (Wildman–Crippen MR) is 114 cm³/mol. The first-order valence-electron chi connectivity index (χ1n) is 9.35. The van der Waals surface area contributed by atoms with Crippen LogP contribution >= 0.6 is 11.5 Å². The van der Waals surface area contributed by atoms with Gasteiger partial charge >= 0.3 is 0 Å². The molecule has 1 aliphatic heterocycles. The van der Waals surface area contributed by atoms with Gasteiger partial charge in [-0.05, 0) is 54.9 Å². The molecular formula is C21H21N5O2S. The molecule has 29 heavy (non-hydrogen) atoms. The van der Waals surface area contributed by atoms with E-state index < -0.39 is 0 Å². The van der Waals surface area contributed by atoms with Gasteiger partial charge in [0.25, 0.3) is 5.91 Å². The Labute approximate surface area is 172 Å². The minimum atomic E-state index is -0.0770. The average molecular weight is 407 g/mol. The molecule has 0 bridgehead atoms. The van der Waals surface area contributed by atoms with Crippen molar-refractivity contribution in [2.45, 2.75) is 6.92 Å². The number of hydrogen-bond donors (Lipinski definition) is 1. The SMILES string of the molecule is CC(=O)c1ccc(N2CCN(C(=O)c3snc(-c4ccncc4)c3N)CC2)cc1. The molecule has 0 radical (unpaired) electrons. The van der Waals surface area contributed by atoms with Crippen molar-refractivity contribution < 1.29 is 9.59 Å². The molecule has 4 rings (SSSR count). The number of benzene rings is 1. The van der Waals surface area contributed by atoms with Gasteiger partial charge in [0, 0.05) is 55.4 Å². The Hall–Kier alpha value is -3.26. The number of nitrogens with two attached hydrogens (primary N) is 1. The molecule has 0 atom stereocenters. The van der Waals surface area contributed by atoms with Crippen LogP contribution in [0.1, 0.15) is 27.0 Å². The number of carbonyl (C=O) groups is 2. The number of aromatic nitrogens is 2. The molecule has 8 heteroatoms. The average Bonchev–Trinajstić information content (AvgIpc) is 3.15. The van der Waals surface area contributed by atoms with Crippen molar-refractivity contribution in [2.75, 3.05) is 36.8 Å². The Morgan fingerprint density at radius 1 is 1.00 bits per heavy atom. The van der Waals surface area contributed by atoms with Gasteiger partial charge in [-0.2, -0.15) is 4.37 Å². The highest BCUT2D eigenvalue weighted by Crippen LogP contribution is 2.31. The van der Waals surface area contributed by atoms with E-state index >= 15 is 0 Å². The van der Waals surface area contributed by atoms with Crippen LogP contribution in [-0.2, 0) is 0 Å². The molecule has 1 fully saturated rings. The summed E-state index contributed by atoms with van der Waals surface area (Å²) in [4.78, 5) is 32.9. The highest BCUT2D eigenvalue weighted by Gasteiger charge is 2.26. The third-order valence-corrected chi connectivity index (χ3v) is 5.93. The normalized spacial score (nSPS) is 14.1. The number of amides is 1. The highest BCUT2D eigenvalue weighted by atomic mass is 32.1. The van der Waals surface area contributed by atoms with Crippen molar-refractivity contribution >= 4 is 34.6 Å². The fourth-order valence-electron chi connectivity index (χ4n) is 3.39. The number of nitrogens with zero attached hydrogens (tertiary/aromatic N) is 4. The fraction of sp³-hybridized carbons (Fsp3) is 0.238. The highest BCUT2D eigenvalue weighted by molar-refractivity contribution is 7.09. The molecule has 2 N–H and O–H groups in total. The third kappa shape index (κ3) is 3.84. The summed E-state index contributed by atoms with van der Waals surface area (Å²) in [5, 5.41) is 0. The molecule has 7 nitrogen and oxygen atoms in total. The molecule has 1 aliphatic rings. The van der Waals surface area contributed by atoms with Crippen LogP contribution in [-0.4, -0.2) is 52.1 Å². The van der Waals surface area contributed by atoms with Crippen LogP contribution in [0.4, 0.5) is 11.4 Å². The lowest BCUT2D eigenvalue weighted by Crippen LogP contribution is -2.48. The Kier molecular flexibility index (Phi) is 5.26. The maximum Gasteiger partial charge on any atom is 0.267 e. The molecule has 0 saturated carbocycles. The van der Waals surface area contributed by atoms with Gasteiger partial charge in [-0.15, -0.1) is 0 Å². The molecule has 0 aliphatic carbocycles. The van der Waals surface area contributed by atoms with Crippen molar-refractivity contribution in [1.82, 2.24) is 14.3 Å². The Morgan fingerprint density at radius 3 is 2.28 bits per heavy atom. The van der Waals surface area contributed by atoms with Crippen molar-refractivity contribution in [1.29, 1.82) is 0 Å². The minimum absolute atomic E-state index is 0.0558. The van der Waals surface area contributed by atoms with E-state index in [9.17, 15) is 9.59 Å². The number of rotatable bonds is 4. The predicted octanol–water partition coefficient (Wildman–Crippen LogP) is 2.95. The lowest BCUT2D eigenvalue weighted by molar-refractivity contribution is 0.0752. The van der Waals surface area contributed by atoms with Gasteiger partial charge in [-0.1, -0.05) is 0 Å². The second-order valence-electron chi connectivity index (χ2n) is 6.89. The molecule has 148 valence electrons. The summed E-state index contributed by atoms with van der Waals surface area (Å²) in [6.07, 6.45) is 3.36. The fourth-order valence-corrected chi connectivity index (χ4v) is 4.18. The van der Waals surface area contributed by atoms with Gasteiger partial charge in [0.2, 0.25) is 0 Å². The van der Waals surface area contributed by atoms with Gasteiger partial charge in [-0.3, -0.25) is 14.6 Å². The number of carbonyl (C=O) groups excluding carboxylic acids is 2. The van der Waals surface area contributed by atoms with Gasteiger partial charge in [0.15, 0.2) is 5.78 Å². The summed E-state index contributed by atoms with van der Waals surface area (Å²) in [5.74, 6) is -0.0212. The number of Topliss-reactive ketones (excluding diaryl/α,β-unsaturated/α-hetero) is 1. The van der Waals surface area contributed by atoms with Crippen molar-refractivity contribution in [3.63, 3.8) is 0 Å². The zero-order valence-electron chi connectivity index (χ0n) is 16.0. The van der Waals surface area contributed by atoms with Crippen molar-refractivity contribution in [3.05, 3.63) is 59.2 Å². The number of hydrogen-bond acceptors (Lipinski definition) is 7. The summed E-state index contributed by atoms with van der Waals surface area (Å²) >= 11 is 1.14. The van der Waals surface area contributed by atoms with Crippen LogP contribution in [0.15, 0.2) is 48.8 Å². The first-order valence-corrected chi connectivity index (χ1v) is 10.1. The molecule has 0 spiro atoms. The van der Waals surface area contributed by atoms with Crippen LogP contribution in [0.5, 0.6) is 0 Å². The van der Waals surface area contributed by atoms with Gasteiger partial charge in [-0.25, -0.2) is 0 Å². The van der Waals surface area contributed by atoms with E-state index in [1.54, 1.807) is 19.3 Å². The summed E-state index contributed by atoms with van der Waals surface area (Å²) in [5.41, 5.74) is 9.91. The lowest BCUT2D eigenvalue weighted by atomic mass is 10.1. The van der Waals surface area contributed by atoms with E-state index in [1.165, 1.54) is 0 Å². The largest absolute Gasteiger partial charge is 0.396 e. The van der Waals surface area contributed by atoms with Crippen LogP contribution in [0, 0.1) is 0 Å². The summed E-state index contributed by atoms with van der Waals surface area (Å²) in [6, 6.07) is 11.3. The zero-order chi connectivity index (χ0) is 20.4. The number of ketones is 1. The van der Waals surface area contributed by atoms with E-state index in [1.807, 2.05) is 41.3 Å². The summed E-state index contributed by atoms with van der Waals surface area (Å²) in [6.45, 7) is 4.22. The third-order valence-electron chi connectivity index (χ3n) is 5.08. The van der Waals surface area contributed by atoms with Gasteiger partial charge in [0.1, 0.15) is 10.6 Å². The maximum absolute atomic E-state index is 13.0.